The minimum absolute atomic E-state index is 0.124. The lowest BCUT2D eigenvalue weighted by molar-refractivity contribution is -0.119. The molecule has 0 aromatic carbocycles. The molecule has 1 amide bonds. The topological polar surface area (TPSA) is 71.8 Å². The summed E-state index contributed by atoms with van der Waals surface area (Å²) in [7, 11) is 2.01. The average molecular weight is 366 g/mol. The first-order valence-corrected chi connectivity index (χ1v) is 10.7. The van der Waals surface area contributed by atoms with Crippen LogP contribution in [0.25, 0.3) is 0 Å². The zero-order valence-electron chi connectivity index (χ0n) is 15.3. The minimum atomic E-state index is 0.124. The Morgan fingerprint density at radius 2 is 1.92 bits per heavy atom. The van der Waals surface area contributed by atoms with Crippen molar-refractivity contribution in [2.24, 2.45) is 7.05 Å². The molecule has 1 aromatic heterocycles. The number of nitrogens with zero attached hydrogens (tertiary/aromatic N) is 3. The van der Waals surface area contributed by atoms with Gasteiger partial charge in [-0.15, -0.1) is 10.2 Å². The maximum absolute atomic E-state index is 12.3. The number of thioether (sulfide) groups is 1. The summed E-state index contributed by atoms with van der Waals surface area (Å²) in [6.45, 7) is 2.07. The van der Waals surface area contributed by atoms with Gasteiger partial charge in [0.2, 0.25) is 5.91 Å². The minimum Gasteiger partial charge on any atom is -0.353 e. The van der Waals surface area contributed by atoms with Crippen LogP contribution in [0.3, 0.4) is 0 Å². The fourth-order valence-corrected chi connectivity index (χ4v) is 4.61. The summed E-state index contributed by atoms with van der Waals surface area (Å²) in [6, 6.07) is 0.358. The van der Waals surface area contributed by atoms with Gasteiger partial charge in [-0.1, -0.05) is 43.9 Å². The van der Waals surface area contributed by atoms with Crippen molar-refractivity contribution in [3.63, 3.8) is 0 Å². The van der Waals surface area contributed by atoms with Crippen LogP contribution in [0.15, 0.2) is 5.16 Å². The standard InChI is InChI=1S/C18H31N5OS/c1-23-17(14-8-7-11-19-12-14)21-22-18(23)25-13-16(24)20-15-9-5-3-2-4-6-10-15/h14-15,19H,2-13H2,1H3,(H,20,24). The maximum Gasteiger partial charge on any atom is 0.230 e. The van der Waals surface area contributed by atoms with E-state index in [0.29, 0.717) is 17.7 Å². The summed E-state index contributed by atoms with van der Waals surface area (Å²) in [4.78, 5) is 12.3. The van der Waals surface area contributed by atoms with Crippen molar-refractivity contribution in [2.75, 3.05) is 18.8 Å². The predicted molar refractivity (Wildman–Crippen MR) is 101 cm³/mol. The summed E-state index contributed by atoms with van der Waals surface area (Å²) >= 11 is 1.49. The van der Waals surface area contributed by atoms with Gasteiger partial charge in [-0.25, -0.2) is 0 Å². The number of hydrogen-bond acceptors (Lipinski definition) is 5. The zero-order valence-corrected chi connectivity index (χ0v) is 16.1. The molecule has 25 heavy (non-hydrogen) atoms. The Bertz CT molecular complexity index is 548. The van der Waals surface area contributed by atoms with Gasteiger partial charge in [0.25, 0.3) is 0 Å². The Balaban J connectivity index is 1.47. The van der Waals surface area contributed by atoms with Crippen molar-refractivity contribution < 1.29 is 4.79 Å². The third kappa shape index (κ3) is 5.45. The molecule has 1 atom stereocenters. The van der Waals surface area contributed by atoms with Crippen molar-refractivity contribution in [3.8, 4) is 0 Å². The third-order valence-electron chi connectivity index (χ3n) is 5.33. The number of carbonyl (C=O) groups excluding carboxylic acids is 1. The van der Waals surface area contributed by atoms with Gasteiger partial charge in [-0.05, 0) is 32.2 Å². The molecule has 2 heterocycles. The monoisotopic (exact) mass is 365 g/mol. The second kappa shape index (κ2) is 9.57. The number of piperidine rings is 1. The van der Waals surface area contributed by atoms with E-state index in [-0.39, 0.29) is 5.91 Å². The average Bonchev–Trinajstić information content (AvgIpc) is 2.97. The third-order valence-corrected chi connectivity index (χ3v) is 6.35. The quantitative estimate of drug-likeness (QED) is 0.785. The van der Waals surface area contributed by atoms with Gasteiger partial charge in [0.1, 0.15) is 5.82 Å². The second-order valence-corrected chi connectivity index (χ2v) is 8.28. The normalized spacial score (nSPS) is 23.0. The molecule has 6 nitrogen and oxygen atoms in total. The summed E-state index contributed by atoms with van der Waals surface area (Å²) in [5, 5.41) is 16.2. The van der Waals surface area contributed by atoms with Gasteiger partial charge in [0, 0.05) is 25.6 Å². The molecule has 1 aliphatic heterocycles. The van der Waals surface area contributed by atoms with Crippen LogP contribution in [0.4, 0.5) is 0 Å². The fourth-order valence-electron chi connectivity index (χ4n) is 3.88. The molecule has 2 N–H and O–H groups in total. The Labute approximate surface area is 154 Å². The van der Waals surface area contributed by atoms with E-state index in [1.165, 1.54) is 50.3 Å². The van der Waals surface area contributed by atoms with Crippen LogP contribution in [-0.4, -0.2) is 45.6 Å². The summed E-state index contributed by atoms with van der Waals surface area (Å²) in [5.41, 5.74) is 0. The highest BCUT2D eigenvalue weighted by atomic mass is 32.2. The molecule has 140 valence electrons. The number of carbonyl (C=O) groups is 1. The van der Waals surface area contributed by atoms with E-state index < -0.39 is 0 Å². The molecule has 1 aromatic rings. The van der Waals surface area contributed by atoms with E-state index in [9.17, 15) is 4.79 Å². The van der Waals surface area contributed by atoms with Gasteiger partial charge in [-0.3, -0.25) is 4.79 Å². The molecule has 2 fully saturated rings. The van der Waals surface area contributed by atoms with Crippen LogP contribution in [0.1, 0.15) is 69.5 Å². The molecule has 1 saturated heterocycles. The first-order valence-electron chi connectivity index (χ1n) is 9.76. The van der Waals surface area contributed by atoms with Gasteiger partial charge >= 0.3 is 0 Å². The van der Waals surface area contributed by atoms with Crippen molar-refractivity contribution in [1.82, 2.24) is 25.4 Å². The van der Waals surface area contributed by atoms with Crippen LogP contribution < -0.4 is 10.6 Å². The number of rotatable bonds is 5. The molecule has 3 rings (SSSR count). The molecule has 0 radical (unpaired) electrons. The van der Waals surface area contributed by atoms with Gasteiger partial charge in [0.15, 0.2) is 5.16 Å². The molecule has 1 saturated carbocycles. The lowest BCUT2D eigenvalue weighted by atomic mass is 9.97. The first-order chi connectivity index (χ1) is 12.2. The van der Waals surface area contributed by atoms with Gasteiger partial charge < -0.3 is 15.2 Å². The Morgan fingerprint density at radius 3 is 2.64 bits per heavy atom. The first kappa shape index (κ1) is 18.7. The molecular formula is C18H31N5OS. The molecule has 1 unspecified atom stereocenters. The highest BCUT2D eigenvalue weighted by Gasteiger charge is 2.22. The van der Waals surface area contributed by atoms with Crippen LogP contribution in [0.2, 0.25) is 0 Å². The zero-order chi connectivity index (χ0) is 17.5. The Hall–Kier alpha value is -1.08. The van der Waals surface area contributed by atoms with Crippen LogP contribution in [0, 0.1) is 0 Å². The fraction of sp³-hybridized carbons (Fsp3) is 0.833. The molecular weight excluding hydrogens is 334 g/mol. The van der Waals surface area contributed by atoms with E-state index in [4.69, 9.17) is 0 Å². The Morgan fingerprint density at radius 1 is 1.16 bits per heavy atom. The number of amides is 1. The number of aromatic nitrogens is 3. The highest BCUT2D eigenvalue weighted by molar-refractivity contribution is 7.99. The SMILES string of the molecule is Cn1c(SCC(=O)NC2CCCCCCC2)nnc1C1CCCNC1. The summed E-state index contributed by atoms with van der Waals surface area (Å²) in [5.74, 6) is 2.02. The van der Waals surface area contributed by atoms with E-state index in [1.54, 1.807) is 0 Å². The lowest BCUT2D eigenvalue weighted by Crippen LogP contribution is -2.36. The van der Waals surface area contributed by atoms with E-state index in [2.05, 4.69) is 25.4 Å². The van der Waals surface area contributed by atoms with E-state index in [1.807, 2.05) is 7.05 Å². The van der Waals surface area contributed by atoms with Crippen LogP contribution >= 0.6 is 11.8 Å². The predicted octanol–water partition coefficient (Wildman–Crippen LogP) is 2.60. The number of hydrogen-bond donors (Lipinski definition) is 2. The smallest absolute Gasteiger partial charge is 0.230 e. The summed E-state index contributed by atoms with van der Waals surface area (Å²) in [6.07, 6.45) is 11.0. The molecule has 1 aliphatic carbocycles. The molecule has 0 spiro atoms. The van der Waals surface area contributed by atoms with Crippen molar-refractivity contribution in [2.45, 2.75) is 74.9 Å². The van der Waals surface area contributed by atoms with Gasteiger partial charge in [-0.2, -0.15) is 0 Å². The maximum atomic E-state index is 12.3. The molecule has 2 aliphatic rings. The lowest BCUT2D eigenvalue weighted by Gasteiger charge is -2.22. The highest BCUT2D eigenvalue weighted by Crippen LogP contribution is 2.25. The van der Waals surface area contributed by atoms with Crippen LogP contribution in [0.5, 0.6) is 0 Å². The second-order valence-electron chi connectivity index (χ2n) is 7.34. The van der Waals surface area contributed by atoms with Crippen molar-refractivity contribution in [3.05, 3.63) is 5.82 Å². The molecule has 7 heteroatoms. The largest absolute Gasteiger partial charge is 0.353 e. The summed E-state index contributed by atoms with van der Waals surface area (Å²) < 4.78 is 2.06. The van der Waals surface area contributed by atoms with E-state index in [0.717, 1.165) is 43.3 Å². The Kier molecular flexibility index (Phi) is 7.16. The van der Waals surface area contributed by atoms with E-state index >= 15 is 0 Å². The van der Waals surface area contributed by atoms with Crippen molar-refractivity contribution in [1.29, 1.82) is 0 Å². The molecule has 0 bridgehead atoms. The number of nitrogens with one attached hydrogen (secondary N) is 2. The van der Waals surface area contributed by atoms with Crippen molar-refractivity contribution >= 4 is 17.7 Å². The van der Waals surface area contributed by atoms with Gasteiger partial charge in [0.05, 0.1) is 5.75 Å². The van der Waals surface area contributed by atoms with Crippen LogP contribution in [-0.2, 0) is 11.8 Å².